The Labute approximate surface area is 106 Å². The number of aromatic carboxylic acids is 1. The summed E-state index contributed by atoms with van der Waals surface area (Å²) in [6.07, 6.45) is 4.73. The molecule has 18 heavy (non-hydrogen) atoms. The Bertz CT molecular complexity index is 425. The lowest BCUT2D eigenvalue weighted by atomic mass is 10.2. The highest BCUT2D eigenvalue weighted by molar-refractivity contribution is 5.85. The second kappa shape index (κ2) is 5.77. The average molecular weight is 251 g/mol. The average Bonchev–Trinajstić information content (AvgIpc) is 2.76. The lowest BCUT2D eigenvalue weighted by molar-refractivity contribution is 0.0688. The van der Waals surface area contributed by atoms with Crippen LogP contribution in [0, 0.1) is 0 Å². The summed E-state index contributed by atoms with van der Waals surface area (Å²) in [4.78, 5) is 20.7. The van der Waals surface area contributed by atoms with Crippen LogP contribution >= 0.6 is 0 Å². The Balaban J connectivity index is 1.83. The molecule has 1 saturated heterocycles. The van der Waals surface area contributed by atoms with Gasteiger partial charge in [-0.1, -0.05) is 0 Å². The van der Waals surface area contributed by atoms with E-state index < -0.39 is 5.97 Å². The molecule has 6 nitrogen and oxygen atoms in total. The first-order valence-corrected chi connectivity index (χ1v) is 6.06. The first-order valence-electron chi connectivity index (χ1n) is 6.06. The standard InChI is InChI=1S/C12H17N3O3/c1-15-7-2-3-9(15)5-8-18-12-13-6-4-10(14-12)11(16)17/h4,6,9H,2-3,5,7-8H2,1H3,(H,16,17). The van der Waals surface area contributed by atoms with Crippen molar-refractivity contribution < 1.29 is 14.6 Å². The molecule has 1 aromatic rings. The van der Waals surface area contributed by atoms with Gasteiger partial charge in [-0.15, -0.1) is 0 Å². The van der Waals surface area contributed by atoms with Crippen LogP contribution in [0.3, 0.4) is 0 Å². The summed E-state index contributed by atoms with van der Waals surface area (Å²) in [5, 5.41) is 8.79. The normalized spacial score (nSPS) is 19.9. The molecule has 1 atom stereocenters. The number of hydrogen-bond acceptors (Lipinski definition) is 5. The van der Waals surface area contributed by atoms with Gasteiger partial charge < -0.3 is 14.7 Å². The van der Waals surface area contributed by atoms with Crippen LogP contribution in [0.5, 0.6) is 6.01 Å². The van der Waals surface area contributed by atoms with Crippen LogP contribution in [0.1, 0.15) is 29.8 Å². The molecule has 0 bridgehead atoms. The molecule has 6 heteroatoms. The van der Waals surface area contributed by atoms with Gasteiger partial charge in [0.1, 0.15) is 0 Å². The molecule has 1 N–H and O–H groups in total. The molecule has 0 aliphatic carbocycles. The van der Waals surface area contributed by atoms with Gasteiger partial charge in [-0.05, 0) is 38.9 Å². The van der Waals surface area contributed by atoms with Crippen LogP contribution in [0.15, 0.2) is 12.3 Å². The molecule has 0 aromatic carbocycles. The second-order valence-electron chi connectivity index (χ2n) is 4.44. The number of carboxylic acid groups (broad SMARTS) is 1. The first kappa shape index (κ1) is 12.8. The van der Waals surface area contributed by atoms with E-state index in [4.69, 9.17) is 9.84 Å². The zero-order valence-electron chi connectivity index (χ0n) is 10.4. The van der Waals surface area contributed by atoms with Crippen molar-refractivity contribution in [3.05, 3.63) is 18.0 Å². The zero-order chi connectivity index (χ0) is 13.0. The van der Waals surface area contributed by atoms with Crippen LogP contribution in [0.25, 0.3) is 0 Å². The molecule has 0 saturated carbocycles. The Morgan fingerprint density at radius 2 is 2.50 bits per heavy atom. The van der Waals surface area contributed by atoms with Crippen molar-refractivity contribution in [3.63, 3.8) is 0 Å². The fourth-order valence-electron chi connectivity index (χ4n) is 2.16. The van der Waals surface area contributed by atoms with Crippen molar-refractivity contribution in [1.29, 1.82) is 0 Å². The SMILES string of the molecule is CN1CCCC1CCOc1nccc(C(=O)O)n1. The number of nitrogens with zero attached hydrogens (tertiary/aromatic N) is 3. The predicted molar refractivity (Wildman–Crippen MR) is 64.8 cm³/mol. The van der Waals surface area contributed by atoms with E-state index in [-0.39, 0.29) is 11.7 Å². The minimum Gasteiger partial charge on any atom is -0.477 e. The van der Waals surface area contributed by atoms with E-state index in [1.165, 1.54) is 25.1 Å². The van der Waals surface area contributed by atoms with Crippen LogP contribution < -0.4 is 4.74 Å². The minimum atomic E-state index is -1.07. The number of rotatable bonds is 5. The summed E-state index contributed by atoms with van der Waals surface area (Å²) in [5.41, 5.74) is -0.0435. The van der Waals surface area contributed by atoms with E-state index in [0.29, 0.717) is 12.6 Å². The van der Waals surface area contributed by atoms with Gasteiger partial charge in [0.05, 0.1) is 6.61 Å². The summed E-state index contributed by atoms with van der Waals surface area (Å²) in [7, 11) is 2.11. The predicted octanol–water partition coefficient (Wildman–Crippen LogP) is 1.04. The van der Waals surface area contributed by atoms with Gasteiger partial charge in [-0.2, -0.15) is 4.98 Å². The van der Waals surface area contributed by atoms with Crippen molar-refractivity contribution >= 4 is 5.97 Å². The molecule has 0 amide bonds. The quantitative estimate of drug-likeness (QED) is 0.842. The highest BCUT2D eigenvalue weighted by Gasteiger charge is 2.20. The number of carboxylic acids is 1. The summed E-state index contributed by atoms with van der Waals surface area (Å²) in [6.45, 7) is 1.65. The number of carbonyl (C=O) groups is 1. The third kappa shape index (κ3) is 3.16. The molecule has 2 rings (SSSR count). The van der Waals surface area contributed by atoms with E-state index in [1.807, 2.05) is 0 Å². The summed E-state index contributed by atoms with van der Waals surface area (Å²) < 4.78 is 5.39. The second-order valence-corrected chi connectivity index (χ2v) is 4.44. The Morgan fingerprint density at radius 3 is 3.17 bits per heavy atom. The Hall–Kier alpha value is -1.69. The fraction of sp³-hybridized carbons (Fsp3) is 0.583. The van der Waals surface area contributed by atoms with E-state index in [0.717, 1.165) is 13.0 Å². The van der Waals surface area contributed by atoms with E-state index >= 15 is 0 Å². The van der Waals surface area contributed by atoms with Gasteiger partial charge >= 0.3 is 12.0 Å². The maximum absolute atomic E-state index is 10.7. The van der Waals surface area contributed by atoms with Crippen LogP contribution in [-0.4, -0.2) is 52.2 Å². The molecule has 1 aromatic heterocycles. The smallest absolute Gasteiger partial charge is 0.354 e. The van der Waals surface area contributed by atoms with Crippen molar-refractivity contribution in [2.24, 2.45) is 0 Å². The maximum Gasteiger partial charge on any atom is 0.354 e. The van der Waals surface area contributed by atoms with Gasteiger partial charge in [0.15, 0.2) is 5.69 Å². The molecular formula is C12H17N3O3. The topological polar surface area (TPSA) is 75.5 Å². The van der Waals surface area contributed by atoms with Gasteiger partial charge in [0.2, 0.25) is 0 Å². The molecule has 1 aliphatic rings. The van der Waals surface area contributed by atoms with E-state index in [1.54, 1.807) is 0 Å². The fourth-order valence-corrected chi connectivity index (χ4v) is 2.16. The van der Waals surface area contributed by atoms with Crippen LogP contribution in [-0.2, 0) is 0 Å². The summed E-state index contributed by atoms with van der Waals surface area (Å²) in [6, 6.07) is 2.03. The van der Waals surface area contributed by atoms with Crippen molar-refractivity contribution in [2.45, 2.75) is 25.3 Å². The molecule has 1 aliphatic heterocycles. The summed E-state index contributed by atoms with van der Waals surface area (Å²) >= 11 is 0. The molecule has 2 heterocycles. The van der Waals surface area contributed by atoms with Gasteiger partial charge in [0, 0.05) is 12.2 Å². The van der Waals surface area contributed by atoms with Crippen LogP contribution in [0.2, 0.25) is 0 Å². The highest BCUT2D eigenvalue weighted by Crippen LogP contribution is 2.17. The van der Waals surface area contributed by atoms with E-state index in [9.17, 15) is 4.79 Å². The Morgan fingerprint density at radius 1 is 1.67 bits per heavy atom. The van der Waals surface area contributed by atoms with Crippen molar-refractivity contribution in [3.8, 4) is 6.01 Å². The lowest BCUT2D eigenvalue weighted by Gasteiger charge is -2.18. The summed E-state index contributed by atoms with van der Waals surface area (Å²) in [5.74, 6) is -1.07. The minimum absolute atomic E-state index is 0.0435. The van der Waals surface area contributed by atoms with Crippen molar-refractivity contribution in [1.82, 2.24) is 14.9 Å². The Kier molecular flexibility index (Phi) is 4.09. The largest absolute Gasteiger partial charge is 0.477 e. The first-order chi connectivity index (χ1) is 8.66. The zero-order valence-corrected chi connectivity index (χ0v) is 10.4. The van der Waals surface area contributed by atoms with E-state index in [2.05, 4.69) is 21.9 Å². The highest BCUT2D eigenvalue weighted by atomic mass is 16.5. The number of ether oxygens (including phenoxy) is 1. The maximum atomic E-state index is 10.7. The third-order valence-corrected chi connectivity index (χ3v) is 3.21. The third-order valence-electron chi connectivity index (χ3n) is 3.21. The van der Waals surface area contributed by atoms with Gasteiger partial charge in [-0.25, -0.2) is 9.78 Å². The molecular weight excluding hydrogens is 234 g/mol. The molecule has 1 unspecified atom stereocenters. The number of aromatic nitrogens is 2. The molecule has 0 spiro atoms. The number of likely N-dealkylation sites (tertiary alicyclic amines) is 1. The lowest BCUT2D eigenvalue weighted by Crippen LogP contribution is -2.26. The molecule has 98 valence electrons. The molecule has 1 fully saturated rings. The van der Waals surface area contributed by atoms with Crippen LogP contribution in [0.4, 0.5) is 0 Å². The van der Waals surface area contributed by atoms with Crippen molar-refractivity contribution in [2.75, 3.05) is 20.2 Å². The number of hydrogen-bond donors (Lipinski definition) is 1. The monoisotopic (exact) mass is 251 g/mol. The van der Waals surface area contributed by atoms with Gasteiger partial charge in [0.25, 0.3) is 0 Å². The van der Waals surface area contributed by atoms with Gasteiger partial charge in [-0.3, -0.25) is 0 Å². The molecule has 0 radical (unpaired) electrons.